The van der Waals surface area contributed by atoms with Crippen LogP contribution in [-0.4, -0.2) is 25.5 Å². The van der Waals surface area contributed by atoms with Crippen molar-refractivity contribution in [3.63, 3.8) is 0 Å². The lowest BCUT2D eigenvalue weighted by Gasteiger charge is -2.04. The number of hydrogen-bond acceptors (Lipinski definition) is 2. The Hall–Kier alpha value is -0.670. The van der Waals surface area contributed by atoms with Gasteiger partial charge in [0.2, 0.25) is 0 Å². The van der Waals surface area contributed by atoms with E-state index in [-0.39, 0.29) is 5.48 Å². The number of nitrogens with one attached hydrogen (secondary N) is 1. The molecule has 0 saturated carbocycles. The number of amides is 1. The molecule has 3 heteroatoms. The summed E-state index contributed by atoms with van der Waals surface area (Å²) in [5.74, 6) is 0.345. The maximum absolute atomic E-state index is 11.4. The summed E-state index contributed by atoms with van der Waals surface area (Å²) in [7, 11) is 3.83. The third-order valence-corrected chi connectivity index (χ3v) is 4.22. The van der Waals surface area contributed by atoms with Crippen molar-refractivity contribution in [1.29, 1.82) is 0 Å². The van der Waals surface area contributed by atoms with Crippen molar-refractivity contribution >= 4 is 5.91 Å². The number of rotatable bonds is 15. The standard InChI is InChI=1S/C20H39NO.H2O/c1-4-5-6-7-8-9-10-11-12-13-14-15-16-17-18-19-20(22)21(2)3;/h11-12H,4-10,13-19H2,1-3H3;1H2/b12-11+;. The molecule has 0 bridgehead atoms. The van der Waals surface area contributed by atoms with Crippen molar-refractivity contribution in [3.8, 4) is 0 Å². The van der Waals surface area contributed by atoms with Crippen molar-refractivity contribution in [3.05, 3.63) is 12.2 Å². The van der Waals surface area contributed by atoms with Crippen LogP contribution in [0.4, 0.5) is 0 Å². The minimum absolute atomic E-state index is 0. The molecule has 0 atom stereocenters. The number of quaternary nitrogens is 1. The van der Waals surface area contributed by atoms with E-state index in [0.29, 0.717) is 5.91 Å². The molecule has 23 heavy (non-hydrogen) atoms. The van der Waals surface area contributed by atoms with Gasteiger partial charge in [0.25, 0.3) is 0 Å². The van der Waals surface area contributed by atoms with Crippen molar-refractivity contribution in [2.75, 3.05) is 14.1 Å². The number of carbonyl (C=O) groups excluding carboxylic acids is 1. The van der Waals surface area contributed by atoms with Crippen LogP contribution in [0.2, 0.25) is 0 Å². The Morgan fingerprint density at radius 3 is 1.65 bits per heavy atom. The average molecular weight is 328 g/mol. The normalized spacial score (nSPS) is 11.1. The fourth-order valence-electron chi connectivity index (χ4n) is 2.61. The van der Waals surface area contributed by atoms with Gasteiger partial charge in [0.1, 0.15) is 0 Å². The lowest BCUT2D eigenvalue weighted by Crippen LogP contribution is -3.08. The molecule has 0 spiro atoms. The van der Waals surface area contributed by atoms with E-state index >= 15 is 0 Å². The van der Waals surface area contributed by atoms with Crippen LogP contribution in [-0.2, 0) is 4.79 Å². The van der Waals surface area contributed by atoms with Crippen LogP contribution in [0.25, 0.3) is 0 Å². The van der Waals surface area contributed by atoms with Crippen LogP contribution in [0.1, 0.15) is 96.8 Å². The molecule has 0 aromatic heterocycles. The second-order valence-corrected chi connectivity index (χ2v) is 6.76. The zero-order valence-electron chi connectivity index (χ0n) is 15.9. The van der Waals surface area contributed by atoms with Crippen LogP contribution in [0.5, 0.6) is 0 Å². The van der Waals surface area contributed by atoms with Crippen molar-refractivity contribution in [2.24, 2.45) is 0 Å². The zero-order chi connectivity index (χ0) is 16.5. The lowest BCUT2D eigenvalue weighted by molar-refractivity contribution is -0.775. The Morgan fingerprint density at radius 2 is 1.17 bits per heavy atom. The zero-order valence-corrected chi connectivity index (χ0v) is 15.9. The fourth-order valence-corrected chi connectivity index (χ4v) is 2.61. The van der Waals surface area contributed by atoms with Crippen molar-refractivity contribution < 1.29 is 15.2 Å². The van der Waals surface area contributed by atoms with E-state index in [4.69, 9.17) is 0 Å². The summed E-state index contributed by atoms with van der Waals surface area (Å²) in [6.07, 6.45) is 22.5. The number of hydrogen-bond donors (Lipinski definition) is 1. The molecule has 0 heterocycles. The van der Waals surface area contributed by atoms with Crippen molar-refractivity contribution in [1.82, 2.24) is 0 Å². The number of allylic oxidation sites excluding steroid dienone is 2. The van der Waals surface area contributed by atoms with Gasteiger partial charge in [-0.2, -0.15) is 0 Å². The van der Waals surface area contributed by atoms with Gasteiger partial charge in [0, 0.05) is 0 Å². The molecule has 0 unspecified atom stereocenters. The van der Waals surface area contributed by atoms with E-state index in [2.05, 4.69) is 19.1 Å². The summed E-state index contributed by atoms with van der Waals surface area (Å²) in [4.78, 5) is 12.4. The summed E-state index contributed by atoms with van der Waals surface area (Å²) < 4.78 is 0. The first-order valence-corrected chi connectivity index (χ1v) is 9.66. The van der Waals surface area contributed by atoms with Gasteiger partial charge >= 0.3 is 5.91 Å². The molecule has 0 aliphatic heterocycles. The maximum Gasteiger partial charge on any atom is 0.311 e. The topological polar surface area (TPSA) is 51.5 Å². The molecule has 0 aliphatic rings. The average Bonchev–Trinajstić information content (AvgIpc) is 2.50. The van der Waals surface area contributed by atoms with Gasteiger partial charge in [0.05, 0.1) is 20.5 Å². The van der Waals surface area contributed by atoms with Gasteiger partial charge < -0.3 is 5.48 Å². The third kappa shape index (κ3) is 19.3. The van der Waals surface area contributed by atoms with E-state index in [1.807, 2.05) is 14.1 Å². The molecule has 0 fully saturated rings. The van der Waals surface area contributed by atoms with Gasteiger partial charge in [-0.05, 0) is 32.1 Å². The van der Waals surface area contributed by atoms with Crippen LogP contribution < -0.4 is 4.90 Å². The molecule has 3 nitrogen and oxygen atoms in total. The molecule has 0 aromatic carbocycles. The first kappa shape index (κ1) is 24.6. The Kier molecular flexibility index (Phi) is 20.7. The largest absolute Gasteiger partial charge is 0.870 e. The first-order chi connectivity index (χ1) is 10.7. The van der Waals surface area contributed by atoms with E-state index in [9.17, 15) is 4.79 Å². The molecule has 0 rings (SSSR count). The molecular formula is C20H41NO2. The Labute approximate surface area is 144 Å². The smallest absolute Gasteiger partial charge is 0.311 e. The van der Waals surface area contributed by atoms with E-state index in [1.54, 1.807) is 0 Å². The summed E-state index contributed by atoms with van der Waals surface area (Å²) in [6.45, 7) is 2.27. The minimum atomic E-state index is 0. The number of carbonyl (C=O) groups is 1. The van der Waals surface area contributed by atoms with Gasteiger partial charge in [-0.25, -0.2) is 4.79 Å². The Bertz CT molecular complexity index is 275. The summed E-state index contributed by atoms with van der Waals surface area (Å²) >= 11 is 0. The van der Waals surface area contributed by atoms with E-state index in [0.717, 1.165) is 17.7 Å². The van der Waals surface area contributed by atoms with Crippen molar-refractivity contribution in [2.45, 2.75) is 96.8 Å². The second-order valence-electron chi connectivity index (χ2n) is 6.76. The molecule has 1 amide bonds. The summed E-state index contributed by atoms with van der Waals surface area (Å²) in [6, 6.07) is 0. The molecule has 0 radical (unpaired) electrons. The molecule has 0 aromatic rings. The molecule has 138 valence electrons. The highest BCUT2D eigenvalue weighted by Gasteiger charge is 2.07. The van der Waals surface area contributed by atoms with Crippen LogP contribution in [0, 0.1) is 0 Å². The SMILES string of the molecule is CCCCCCCC/C=C/CCCCCCCC(=O)[NH+](C)C.[OH-]. The molecule has 0 aliphatic carbocycles. The van der Waals surface area contributed by atoms with Crippen LogP contribution in [0.15, 0.2) is 12.2 Å². The van der Waals surface area contributed by atoms with E-state index < -0.39 is 0 Å². The predicted octanol–water partition coefficient (Wildman–Crippen LogP) is 4.52. The monoisotopic (exact) mass is 327 g/mol. The van der Waals surface area contributed by atoms with E-state index in [1.165, 1.54) is 77.0 Å². The third-order valence-electron chi connectivity index (χ3n) is 4.22. The van der Waals surface area contributed by atoms with Gasteiger partial charge in [0.15, 0.2) is 0 Å². The van der Waals surface area contributed by atoms with Gasteiger partial charge in [-0.15, -0.1) is 0 Å². The maximum atomic E-state index is 11.4. The van der Waals surface area contributed by atoms with Crippen LogP contribution >= 0.6 is 0 Å². The highest BCUT2D eigenvalue weighted by molar-refractivity contribution is 5.66. The first-order valence-electron chi connectivity index (χ1n) is 9.66. The Balaban J connectivity index is 0. The lowest BCUT2D eigenvalue weighted by atomic mass is 10.1. The summed E-state index contributed by atoms with van der Waals surface area (Å²) in [5, 5.41) is 0. The fraction of sp³-hybridized carbons (Fsp3) is 0.850. The second kappa shape index (κ2) is 19.4. The minimum Gasteiger partial charge on any atom is -0.870 e. The molecule has 0 saturated heterocycles. The summed E-state index contributed by atoms with van der Waals surface area (Å²) in [5.41, 5.74) is 0. The number of unbranched alkanes of at least 4 members (excludes halogenated alkanes) is 11. The Morgan fingerprint density at radius 1 is 0.739 bits per heavy atom. The van der Waals surface area contributed by atoms with Gasteiger partial charge in [-0.3, -0.25) is 4.90 Å². The highest BCUT2D eigenvalue weighted by Crippen LogP contribution is 2.09. The highest BCUT2D eigenvalue weighted by atomic mass is 16.2. The van der Waals surface area contributed by atoms with Gasteiger partial charge in [-0.1, -0.05) is 70.4 Å². The molecular weight excluding hydrogens is 286 g/mol. The predicted molar refractivity (Wildman–Crippen MR) is 99.2 cm³/mol. The quantitative estimate of drug-likeness (QED) is 0.355. The van der Waals surface area contributed by atoms with Crippen LogP contribution in [0.3, 0.4) is 0 Å². The molecule has 2 N–H and O–H groups in total.